The molecule has 7 heteroatoms. The minimum absolute atomic E-state index is 0.0576. The van der Waals surface area contributed by atoms with Gasteiger partial charge < -0.3 is 14.8 Å². The number of carbonyl (C=O) groups is 1. The largest absolute Gasteiger partial charge is 0.490 e. The number of hydrogen-bond acceptors (Lipinski definition) is 5. The molecule has 0 radical (unpaired) electrons. The summed E-state index contributed by atoms with van der Waals surface area (Å²) in [6, 6.07) is 11.6. The number of hydrogen-bond donors (Lipinski definition) is 1. The first-order valence-corrected chi connectivity index (χ1v) is 9.46. The molecule has 150 valence electrons. The molecule has 2 aromatic rings. The molecule has 0 unspecified atom stereocenters. The summed E-state index contributed by atoms with van der Waals surface area (Å²) >= 11 is 0. The average Bonchev–Trinajstić information content (AvgIpc) is 2.68. The molecule has 0 spiro atoms. The van der Waals surface area contributed by atoms with Gasteiger partial charge in [0, 0.05) is 24.2 Å². The first-order chi connectivity index (χ1) is 13.5. The van der Waals surface area contributed by atoms with E-state index in [9.17, 15) is 14.9 Å². The van der Waals surface area contributed by atoms with E-state index in [2.05, 4.69) is 12.2 Å². The lowest BCUT2D eigenvalue weighted by atomic mass is 10.1. The molecule has 2 aromatic carbocycles. The molecule has 1 N–H and O–H groups in total. The van der Waals surface area contributed by atoms with Gasteiger partial charge in [0.05, 0.1) is 18.1 Å². The van der Waals surface area contributed by atoms with Crippen molar-refractivity contribution in [2.45, 2.75) is 39.5 Å². The van der Waals surface area contributed by atoms with Gasteiger partial charge in [-0.15, -0.1) is 0 Å². The Labute approximate surface area is 164 Å². The van der Waals surface area contributed by atoms with E-state index in [0.29, 0.717) is 36.8 Å². The summed E-state index contributed by atoms with van der Waals surface area (Å²) in [6.07, 6.45) is 2.81. The molecular weight excluding hydrogens is 360 g/mol. The smallest absolute Gasteiger partial charge is 0.271 e. The van der Waals surface area contributed by atoms with Crippen molar-refractivity contribution in [2.75, 3.05) is 18.5 Å². The second kappa shape index (κ2) is 10.9. The Balaban J connectivity index is 1.95. The minimum Gasteiger partial charge on any atom is -0.490 e. The number of benzene rings is 2. The van der Waals surface area contributed by atoms with Crippen molar-refractivity contribution in [3.8, 4) is 11.5 Å². The van der Waals surface area contributed by atoms with Gasteiger partial charge in [0.15, 0.2) is 11.5 Å². The molecule has 0 aliphatic carbocycles. The van der Waals surface area contributed by atoms with Gasteiger partial charge in [0.25, 0.3) is 5.69 Å². The number of unbranched alkanes of at least 4 members (excludes halogenated alkanes) is 1. The van der Waals surface area contributed by atoms with Crippen LogP contribution in [0.5, 0.6) is 11.5 Å². The van der Waals surface area contributed by atoms with Crippen molar-refractivity contribution in [1.29, 1.82) is 0 Å². The predicted molar refractivity (Wildman–Crippen MR) is 108 cm³/mol. The third-order valence-electron chi connectivity index (χ3n) is 4.04. The summed E-state index contributed by atoms with van der Waals surface area (Å²) in [6.45, 7) is 5.19. The summed E-state index contributed by atoms with van der Waals surface area (Å²) in [5, 5.41) is 13.5. The van der Waals surface area contributed by atoms with E-state index in [1.54, 1.807) is 12.1 Å². The number of ether oxygens (including phenoxy) is 2. The number of rotatable bonds is 11. The van der Waals surface area contributed by atoms with Crippen molar-refractivity contribution in [1.82, 2.24) is 0 Å². The molecule has 7 nitrogen and oxygen atoms in total. The highest BCUT2D eigenvalue weighted by Gasteiger charge is 2.10. The van der Waals surface area contributed by atoms with Crippen molar-refractivity contribution in [2.24, 2.45) is 0 Å². The summed E-state index contributed by atoms with van der Waals surface area (Å²) in [5.41, 5.74) is 1.31. The maximum Gasteiger partial charge on any atom is 0.271 e. The molecule has 0 bridgehead atoms. The van der Waals surface area contributed by atoms with Crippen LogP contribution in [0.3, 0.4) is 0 Å². The number of nitrogens with one attached hydrogen (secondary N) is 1. The highest BCUT2D eigenvalue weighted by Crippen LogP contribution is 2.29. The lowest BCUT2D eigenvalue weighted by Gasteiger charge is -2.13. The van der Waals surface area contributed by atoms with E-state index in [0.717, 1.165) is 18.4 Å². The van der Waals surface area contributed by atoms with Crippen molar-refractivity contribution in [3.63, 3.8) is 0 Å². The van der Waals surface area contributed by atoms with E-state index in [1.807, 2.05) is 25.1 Å². The monoisotopic (exact) mass is 386 g/mol. The summed E-state index contributed by atoms with van der Waals surface area (Å²) in [4.78, 5) is 22.5. The molecule has 0 saturated heterocycles. The minimum atomic E-state index is -0.491. The van der Waals surface area contributed by atoms with Gasteiger partial charge in [-0.3, -0.25) is 14.9 Å². The molecule has 1 amide bonds. The molecule has 2 rings (SSSR count). The Bertz CT molecular complexity index is 807. The number of nitro benzene ring substituents is 1. The van der Waals surface area contributed by atoms with Crippen LogP contribution >= 0.6 is 0 Å². The van der Waals surface area contributed by atoms with Crippen LogP contribution in [0.4, 0.5) is 11.4 Å². The molecule has 0 aliphatic rings. The number of nitro groups is 1. The van der Waals surface area contributed by atoms with Crippen LogP contribution in [-0.4, -0.2) is 24.0 Å². The molecule has 0 saturated carbocycles. The average molecular weight is 386 g/mol. The Morgan fingerprint density at radius 1 is 1.11 bits per heavy atom. The predicted octanol–water partition coefficient (Wildman–Crippen LogP) is 4.74. The van der Waals surface area contributed by atoms with Crippen LogP contribution in [-0.2, 0) is 11.2 Å². The van der Waals surface area contributed by atoms with Crippen LogP contribution in [0.1, 0.15) is 38.7 Å². The molecule has 0 heterocycles. The normalized spacial score (nSPS) is 10.4. The van der Waals surface area contributed by atoms with Crippen LogP contribution in [0.15, 0.2) is 42.5 Å². The van der Waals surface area contributed by atoms with Gasteiger partial charge in [-0.25, -0.2) is 0 Å². The molecule has 0 aromatic heterocycles. The maximum atomic E-state index is 12.2. The fourth-order valence-corrected chi connectivity index (χ4v) is 2.60. The van der Waals surface area contributed by atoms with Crippen LogP contribution in [0.25, 0.3) is 0 Å². The van der Waals surface area contributed by atoms with Crippen molar-refractivity contribution in [3.05, 3.63) is 58.1 Å². The number of carbonyl (C=O) groups excluding carboxylic acids is 1. The number of amides is 1. The third kappa shape index (κ3) is 6.57. The van der Waals surface area contributed by atoms with E-state index in [4.69, 9.17) is 9.47 Å². The van der Waals surface area contributed by atoms with Gasteiger partial charge in [-0.2, -0.15) is 0 Å². The van der Waals surface area contributed by atoms with Gasteiger partial charge in [0.1, 0.15) is 0 Å². The summed E-state index contributed by atoms with van der Waals surface area (Å²) in [5.74, 6) is 1.18. The maximum absolute atomic E-state index is 12.2. The van der Waals surface area contributed by atoms with E-state index >= 15 is 0 Å². The number of anilines is 1. The van der Waals surface area contributed by atoms with Crippen LogP contribution < -0.4 is 14.8 Å². The first kappa shape index (κ1) is 21.2. The molecule has 0 atom stereocenters. The van der Waals surface area contributed by atoms with E-state index in [1.165, 1.54) is 12.1 Å². The highest BCUT2D eigenvalue weighted by atomic mass is 16.6. The zero-order valence-corrected chi connectivity index (χ0v) is 16.3. The van der Waals surface area contributed by atoms with Crippen molar-refractivity contribution < 1.29 is 19.2 Å². The van der Waals surface area contributed by atoms with E-state index < -0.39 is 4.92 Å². The van der Waals surface area contributed by atoms with Crippen molar-refractivity contribution >= 4 is 17.3 Å². The fourth-order valence-electron chi connectivity index (χ4n) is 2.60. The SMILES string of the molecule is CCCCOc1ccc(CCC(=O)Nc2cccc([N+](=O)[O-])c2)cc1OCC. The molecule has 28 heavy (non-hydrogen) atoms. The summed E-state index contributed by atoms with van der Waals surface area (Å²) in [7, 11) is 0. The Morgan fingerprint density at radius 2 is 1.93 bits per heavy atom. The number of nitrogens with zero attached hydrogens (tertiary/aromatic N) is 1. The Hall–Kier alpha value is -3.09. The second-order valence-electron chi connectivity index (χ2n) is 6.27. The third-order valence-corrected chi connectivity index (χ3v) is 4.04. The first-order valence-electron chi connectivity index (χ1n) is 9.46. The molecule has 0 fully saturated rings. The topological polar surface area (TPSA) is 90.7 Å². The highest BCUT2D eigenvalue weighted by molar-refractivity contribution is 5.91. The zero-order chi connectivity index (χ0) is 20.4. The molecule has 0 aliphatic heterocycles. The van der Waals surface area contributed by atoms with Gasteiger partial charge in [-0.05, 0) is 43.5 Å². The fraction of sp³-hybridized carbons (Fsp3) is 0.381. The quantitative estimate of drug-likeness (QED) is 0.342. The van der Waals surface area contributed by atoms with Crippen LogP contribution in [0.2, 0.25) is 0 Å². The van der Waals surface area contributed by atoms with Gasteiger partial charge >= 0.3 is 0 Å². The van der Waals surface area contributed by atoms with Crippen LogP contribution in [0, 0.1) is 10.1 Å². The van der Waals surface area contributed by atoms with Gasteiger partial charge in [-0.1, -0.05) is 25.5 Å². The van der Waals surface area contributed by atoms with Gasteiger partial charge in [0.2, 0.25) is 5.91 Å². The lowest BCUT2D eigenvalue weighted by Crippen LogP contribution is -2.12. The number of aryl methyl sites for hydroxylation is 1. The lowest BCUT2D eigenvalue weighted by molar-refractivity contribution is -0.384. The molecular formula is C21H26N2O5. The Morgan fingerprint density at radius 3 is 2.64 bits per heavy atom. The zero-order valence-electron chi connectivity index (χ0n) is 16.3. The standard InChI is InChI=1S/C21H26N2O5/c1-3-5-13-28-19-11-9-16(14-20(19)27-4-2)10-12-21(24)22-17-7-6-8-18(15-17)23(25)26/h6-9,11,14-15H,3-5,10,12-13H2,1-2H3,(H,22,24). The Kier molecular flexibility index (Phi) is 8.27. The van der Waals surface area contributed by atoms with E-state index in [-0.39, 0.29) is 18.0 Å². The second-order valence-corrected chi connectivity index (χ2v) is 6.27. The number of non-ortho nitro benzene ring substituents is 1. The summed E-state index contributed by atoms with van der Waals surface area (Å²) < 4.78 is 11.4.